The zero-order chi connectivity index (χ0) is 16.8. The van der Waals surface area contributed by atoms with Crippen LogP contribution < -0.4 is 10.5 Å². The largest absolute Gasteiger partial charge is 0.389 e. The van der Waals surface area contributed by atoms with E-state index in [1.165, 1.54) is 0 Å². The highest BCUT2D eigenvalue weighted by Crippen LogP contribution is 2.18. The van der Waals surface area contributed by atoms with Gasteiger partial charge in [-0.15, -0.1) is 0 Å². The molecule has 1 aromatic carbocycles. The molecule has 0 amide bonds. The van der Waals surface area contributed by atoms with Crippen molar-refractivity contribution in [1.82, 2.24) is 15.2 Å². The molecular weight excluding hydrogens is 323 g/mol. The van der Waals surface area contributed by atoms with Crippen molar-refractivity contribution in [2.75, 3.05) is 19.4 Å². The first kappa shape index (κ1) is 16.4. The van der Waals surface area contributed by atoms with Crippen molar-refractivity contribution in [3.63, 3.8) is 0 Å². The van der Waals surface area contributed by atoms with Crippen LogP contribution in [-0.2, 0) is 11.4 Å². The van der Waals surface area contributed by atoms with Crippen LogP contribution in [0.5, 0.6) is 0 Å². The van der Waals surface area contributed by atoms with Crippen molar-refractivity contribution in [3.8, 4) is 0 Å². The van der Waals surface area contributed by atoms with Crippen LogP contribution in [0.2, 0.25) is 0 Å². The molecule has 2 heterocycles. The minimum Gasteiger partial charge on any atom is -0.389 e. The molecule has 2 aromatic rings. The van der Waals surface area contributed by atoms with Crippen molar-refractivity contribution in [1.29, 1.82) is 0 Å². The Balaban J connectivity index is 1.79. The van der Waals surface area contributed by atoms with E-state index in [9.17, 15) is 0 Å². The van der Waals surface area contributed by atoms with Crippen LogP contribution in [0.1, 0.15) is 11.3 Å². The number of nitrogens with zero attached hydrogens (tertiary/aromatic N) is 4. The number of pyridine rings is 1. The summed E-state index contributed by atoms with van der Waals surface area (Å²) in [6, 6.07) is 15.6. The molecule has 0 saturated heterocycles. The van der Waals surface area contributed by atoms with E-state index < -0.39 is 0 Å². The first-order chi connectivity index (χ1) is 11.8. The number of hydrogen-bond donors (Lipinski definition) is 2. The highest BCUT2D eigenvalue weighted by atomic mass is 31.1. The Kier molecular flexibility index (Phi) is 5.36. The lowest BCUT2D eigenvalue weighted by Gasteiger charge is -2.15. The Morgan fingerprint density at radius 3 is 2.79 bits per heavy atom. The molecule has 7 nitrogen and oxygen atoms in total. The molecule has 3 rings (SSSR count). The lowest BCUT2D eigenvalue weighted by Crippen LogP contribution is -2.35. The normalized spacial score (nSPS) is 15.5. The SMILES string of the molecule is CNc1cccc(CO/N=C(\C2=NPNN2C)c2ccccc2)n1. The maximum Gasteiger partial charge on any atom is 0.173 e. The van der Waals surface area contributed by atoms with E-state index in [2.05, 4.69) is 25.4 Å². The molecular formula is C16H19N6OP. The third-order valence-corrected chi connectivity index (χ3v) is 4.15. The molecule has 0 aliphatic carbocycles. The van der Waals surface area contributed by atoms with Crippen LogP contribution in [0.3, 0.4) is 0 Å². The Morgan fingerprint density at radius 2 is 2.08 bits per heavy atom. The van der Waals surface area contributed by atoms with Crippen molar-refractivity contribution in [2.45, 2.75) is 6.61 Å². The first-order valence-corrected chi connectivity index (χ1v) is 8.44. The zero-order valence-electron chi connectivity index (χ0n) is 13.5. The van der Waals surface area contributed by atoms with E-state index in [0.717, 1.165) is 22.9 Å². The van der Waals surface area contributed by atoms with Gasteiger partial charge in [0.25, 0.3) is 0 Å². The quantitative estimate of drug-likeness (QED) is 0.479. The molecule has 1 aliphatic rings. The summed E-state index contributed by atoms with van der Waals surface area (Å²) in [5.74, 6) is 1.56. The van der Waals surface area contributed by atoms with Crippen molar-refractivity contribution < 1.29 is 4.84 Å². The molecule has 0 radical (unpaired) electrons. The monoisotopic (exact) mass is 342 g/mol. The lowest BCUT2D eigenvalue weighted by atomic mass is 10.1. The second kappa shape index (κ2) is 7.86. The number of rotatable bonds is 6. The van der Waals surface area contributed by atoms with Crippen LogP contribution in [0.15, 0.2) is 58.4 Å². The van der Waals surface area contributed by atoms with Crippen LogP contribution >= 0.6 is 8.88 Å². The highest BCUT2D eigenvalue weighted by molar-refractivity contribution is 7.35. The molecule has 24 heavy (non-hydrogen) atoms. The Morgan fingerprint density at radius 1 is 1.25 bits per heavy atom. The number of hydrazine groups is 1. The minimum atomic E-state index is 0.290. The van der Waals surface area contributed by atoms with Gasteiger partial charge in [-0.25, -0.2) is 9.75 Å². The Hall–Kier alpha value is -2.50. The van der Waals surface area contributed by atoms with Gasteiger partial charge in [-0.05, 0) is 12.1 Å². The number of oxime groups is 1. The smallest absolute Gasteiger partial charge is 0.173 e. The Labute approximate surface area is 142 Å². The van der Waals surface area contributed by atoms with Crippen molar-refractivity contribution in [3.05, 3.63) is 59.8 Å². The predicted octanol–water partition coefficient (Wildman–Crippen LogP) is 2.40. The summed E-state index contributed by atoms with van der Waals surface area (Å²) < 4.78 is 4.47. The van der Waals surface area contributed by atoms with E-state index in [-0.39, 0.29) is 8.88 Å². The third-order valence-electron chi connectivity index (χ3n) is 3.39. The van der Waals surface area contributed by atoms with Gasteiger partial charge in [-0.1, -0.05) is 41.6 Å². The van der Waals surface area contributed by atoms with E-state index in [4.69, 9.17) is 4.84 Å². The summed E-state index contributed by atoms with van der Waals surface area (Å²) in [5, 5.41) is 12.3. The first-order valence-electron chi connectivity index (χ1n) is 7.49. The summed E-state index contributed by atoms with van der Waals surface area (Å²) in [6.07, 6.45) is 0. The van der Waals surface area contributed by atoms with Crippen LogP contribution in [0.25, 0.3) is 0 Å². The molecule has 1 atom stereocenters. The van der Waals surface area contributed by atoms with E-state index in [0.29, 0.717) is 12.3 Å². The molecule has 1 aromatic heterocycles. The fourth-order valence-electron chi connectivity index (χ4n) is 2.17. The standard InChI is InChI=1S/C16H19N6OP/c1-17-14-10-6-9-13(18-14)11-23-19-15(12-7-4-3-5-8-12)16-20-24-21-22(16)2/h3-10,21,24H,11H2,1-2H3,(H,17,18)/b19-15-. The summed E-state index contributed by atoms with van der Waals surface area (Å²) in [5.41, 5.74) is 2.45. The number of anilines is 1. The molecule has 0 spiro atoms. The number of hydrogen-bond acceptors (Lipinski definition) is 7. The number of likely N-dealkylation sites (N-methyl/N-ethyl adjacent to an activating group) is 1. The maximum atomic E-state index is 5.56. The summed E-state index contributed by atoms with van der Waals surface area (Å²) in [7, 11) is 4.04. The number of amidine groups is 1. The topological polar surface area (TPSA) is 74.1 Å². The minimum absolute atomic E-state index is 0.290. The van der Waals surface area contributed by atoms with Gasteiger partial charge in [0.1, 0.15) is 5.82 Å². The van der Waals surface area contributed by atoms with Gasteiger partial charge < -0.3 is 10.2 Å². The van der Waals surface area contributed by atoms with Gasteiger partial charge in [-0.2, -0.15) is 5.20 Å². The van der Waals surface area contributed by atoms with E-state index in [1.807, 2.05) is 67.6 Å². The number of aromatic nitrogens is 1. The number of benzene rings is 1. The average Bonchev–Trinajstić information content (AvgIpc) is 3.05. The van der Waals surface area contributed by atoms with Gasteiger partial charge in [-0.3, -0.25) is 5.01 Å². The van der Waals surface area contributed by atoms with E-state index in [1.54, 1.807) is 0 Å². The van der Waals surface area contributed by atoms with Crippen molar-refractivity contribution >= 4 is 26.2 Å². The van der Waals surface area contributed by atoms with Crippen LogP contribution in [0.4, 0.5) is 5.82 Å². The average molecular weight is 342 g/mol. The summed E-state index contributed by atoms with van der Waals surface area (Å²) in [4.78, 5) is 9.98. The van der Waals surface area contributed by atoms with E-state index >= 15 is 0 Å². The molecule has 124 valence electrons. The van der Waals surface area contributed by atoms with Gasteiger partial charge in [0.05, 0.1) is 14.6 Å². The Bertz CT molecular complexity index is 749. The molecule has 8 heteroatoms. The van der Waals surface area contributed by atoms with Crippen LogP contribution in [0, 0.1) is 0 Å². The number of nitrogens with one attached hydrogen (secondary N) is 2. The summed E-state index contributed by atoms with van der Waals surface area (Å²) in [6.45, 7) is 0.290. The third kappa shape index (κ3) is 3.88. The fourth-order valence-corrected chi connectivity index (χ4v) is 2.84. The second-order valence-electron chi connectivity index (χ2n) is 5.06. The fraction of sp³-hybridized carbons (Fsp3) is 0.188. The van der Waals surface area contributed by atoms with Gasteiger partial charge in [0.15, 0.2) is 18.2 Å². The lowest BCUT2D eigenvalue weighted by molar-refractivity contribution is 0.128. The maximum absolute atomic E-state index is 5.56. The second-order valence-corrected chi connectivity index (χ2v) is 5.73. The van der Waals surface area contributed by atoms with Crippen LogP contribution in [-0.4, -0.2) is 35.6 Å². The van der Waals surface area contributed by atoms with Gasteiger partial charge in [0, 0.05) is 19.7 Å². The predicted molar refractivity (Wildman–Crippen MR) is 98.2 cm³/mol. The highest BCUT2D eigenvalue weighted by Gasteiger charge is 2.21. The molecule has 1 aliphatic heterocycles. The molecule has 0 bridgehead atoms. The molecule has 2 N–H and O–H groups in total. The molecule has 1 unspecified atom stereocenters. The summed E-state index contributed by atoms with van der Waals surface area (Å²) >= 11 is 0. The van der Waals surface area contributed by atoms with Gasteiger partial charge in [0.2, 0.25) is 0 Å². The molecule has 0 fully saturated rings. The van der Waals surface area contributed by atoms with Gasteiger partial charge >= 0.3 is 0 Å². The zero-order valence-corrected chi connectivity index (χ0v) is 14.5. The molecule has 0 saturated carbocycles. The van der Waals surface area contributed by atoms with Crippen molar-refractivity contribution in [2.24, 2.45) is 9.92 Å².